The molecule has 2 saturated carbocycles. The van der Waals surface area contributed by atoms with E-state index in [4.69, 9.17) is 20.3 Å². The Hall–Kier alpha value is -2.26. The zero-order valence-electron chi connectivity index (χ0n) is 19.5. The fraction of sp³-hybridized carbons (Fsp3) is 0.680. The maximum atomic E-state index is 14.1. The number of alkyl halides is 2. The van der Waals surface area contributed by atoms with Crippen molar-refractivity contribution in [1.29, 1.82) is 0 Å². The van der Waals surface area contributed by atoms with Crippen LogP contribution in [-0.2, 0) is 4.74 Å². The predicted octanol–water partition coefficient (Wildman–Crippen LogP) is 4.25. The molecule has 0 radical (unpaired) electrons. The van der Waals surface area contributed by atoms with Gasteiger partial charge in [0.2, 0.25) is 5.92 Å². The van der Waals surface area contributed by atoms with Gasteiger partial charge in [0, 0.05) is 36.2 Å². The van der Waals surface area contributed by atoms with Gasteiger partial charge in [-0.25, -0.2) is 13.8 Å². The number of rotatable bonds is 7. The van der Waals surface area contributed by atoms with Gasteiger partial charge in [-0.15, -0.1) is 0 Å². The third kappa shape index (κ3) is 4.52. The van der Waals surface area contributed by atoms with E-state index in [1.54, 1.807) is 6.20 Å². The molecule has 2 aromatic rings. The molecule has 0 aromatic carbocycles. The van der Waals surface area contributed by atoms with Crippen molar-refractivity contribution in [2.24, 2.45) is 5.92 Å². The highest BCUT2D eigenvalue weighted by atomic mass is 19.3. The van der Waals surface area contributed by atoms with Crippen molar-refractivity contribution in [1.82, 2.24) is 19.7 Å². The Morgan fingerprint density at radius 1 is 1.09 bits per heavy atom. The van der Waals surface area contributed by atoms with E-state index in [0.717, 1.165) is 56.1 Å². The highest BCUT2D eigenvalue weighted by Crippen LogP contribution is 2.44. The van der Waals surface area contributed by atoms with Crippen LogP contribution in [0.15, 0.2) is 18.3 Å². The number of nitrogens with zero attached hydrogens (tertiary/aromatic N) is 4. The fourth-order valence-corrected chi connectivity index (χ4v) is 5.48. The molecule has 4 heterocycles. The van der Waals surface area contributed by atoms with Gasteiger partial charge >= 0.3 is 0 Å². The molecule has 1 unspecified atom stereocenters. The third-order valence-electron chi connectivity index (χ3n) is 7.92. The van der Waals surface area contributed by atoms with E-state index in [-0.39, 0.29) is 18.9 Å². The largest absolute Gasteiger partial charge is 0.489 e. The number of ether oxygens (including phenoxy) is 2. The zero-order chi connectivity index (χ0) is 23.3. The summed E-state index contributed by atoms with van der Waals surface area (Å²) in [6.45, 7) is 4.29. The van der Waals surface area contributed by atoms with Gasteiger partial charge in [0.25, 0.3) is 0 Å². The topological polar surface area (TPSA) is 78.4 Å². The van der Waals surface area contributed by atoms with Gasteiger partial charge < -0.3 is 15.2 Å². The minimum Gasteiger partial charge on any atom is -0.489 e. The molecule has 2 saturated heterocycles. The number of aromatic nitrogens is 3. The molecule has 34 heavy (non-hydrogen) atoms. The second-order valence-corrected chi connectivity index (χ2v) is 10.5. The van der Waals surface area contributed by atoms with Crippen molar-refractivity contribution in [2.45, 2.75) is 68.9 Å². The molecule has 4 fully saturated rings. The van der Waals surface area contributed by atoms with Crippen molar-refractivity contribution < 1.29 is 18.3 Å². The standard InChI is InChI=1S/C25H33F2N5O2/c26-25(27)6-3-19(11-25)32-22(17-4-7-31(8-5-17)20-14-33-15-20)10-21(30-32)18-9-23(24(28)29-12-18)34-13-16-1-2-16/h9-10,12,16-17,19-20H,1-8,11,13-15H2,(H2,28,29). The van der Waals surface area contributed by atoms with Crippen molar-refractivity contribution in [3.8, 4) is 17.0 Å². The van der Waals surface area contributed by atoms with Gasteiger partial charge in [-0.1, -0.05) is 0 Å². The molecule has 184 valence electrons. The number of anilines is 1. The quantitative estimate of drug-likeness (QED) is 0.648. The fourth-order valence-electron chi connectivity index (χ4n) is 5.48. The van der Waals surface area contributed by atoms with Gasteiger partial charge in [0.15, 0.2) is 11.6 Å². The summed E-state index contributed by atoms with van der Waals surface area (Å²) in [5, 5.41) is 4.88. The van der Waals surface area contributed by atoms with Crippen LogP contribution in [0.25, 0.3) is 11.3 Å². The number of halogens is 2. The smallest absolute Gasteiger partial charge is 0.250 e. The molecular formula is C25H33F2N5O2. The summed E-state index contributed by atoms with van der Waals surface area (Å²) >= 11 is 0. The highest BCUT2D eigenvalue weighted by molar-refractivity contribution is 5.64. The van der Waals surface area contributed by atoms with Gasteiger partial charge in [0.1, 0.15) is 0 Å². The van der Waals surface area contributed by atoms with Crippen LogP contribution in [0.5, 0.6) is 5.75 Å². The van der Waals surface area contributed by atoms with E-state index in [9.17, 15) is 8.78 Å². The van der Waals surface area contributed by atoms with Gasteiger partial charge in [-0.05, 0) is 63.2 Å². The SMILES string of the molecule is Nc1ncc(-c2cc(C3CCN(C4COC4)CC3)n(C3CCC(F)(F)C3)n2)cc1OCC1CC1. The molecule has 0 bridgehead atoms. The Morgan fingerprint density at radius 2 is 1.88 bits per heavy atom. The van der Waals surface area contributed by atoms with E-state index in [1.165, 1.54) is 12.8 Å². The molecule has 2 aliphatic heterocycles. The molecule has 2 aromatic heterocycles. The summed E-state index contributed by atoms with van der Waals surface area (Å²) < 4.78 is 41.4. The summed E-state index contributed by atoms with van der Waals surface area (Å²) in [7, 11) is 0. The van der Waals surface area contributed by atoms with Crippen LogP contribution in [0.4, 0.5) is 14.6 Å². The number of likely N-dealkylation sites (tertiary alicyclic amines) is 1. The lowest BCUT2D eigenvalue weighted by molar-refractivity contribution is -0.0714. The number of pyridine rings is 1. The Balaban J connectivity index is 1.27. The normalized spacial score (nSPS) is 26.0. The minimum atomic E-state index is -2.62. The minimum absolute atomic E-state index is 0.0744. The first-order valence-electron chi connectivity index (χ1n) is 12.6. The Kier molecular flexibility index (Phi) is 5.72. The molecule has 1 atom stereocenters. The molecular weight excluding hydrogens is 440 g/mol. The molecule has 4 aliphatic rings. The molecule has 2 aliphatic carbocycles. The Bertz CT molecular complexity index is 1030. The van der Waals surface area contributed by atoms with Gasteiger partial charge in [0.05, 0.1) is 37.6 Å². The summed E-state index contributed by atoms with van der Waals surface area (Å²) in [5.41, 5.74) is 8.69. The lowest BCUT2D eigenvalue weighted by atomic mass is 9.91. The van der Waals surface area contributed by atoms with Crippen molar-refractivity contribution in [3.63, 3.8) is 0 Å². The predicted molar refractivity (Wildman–Crippen MR) is 124 cm³/mol. The molecule has 0 amide bonds. The number of nitrogens with two attached hydrogens (primary N) is 1. The highest BCUT2D eigenvalue weighted by Gasteiger charge is 2.42. The second kappa shape index (κ2) is 8.75. The summed E-state index contributed by atoms with van der Waals surface area (Å²) in [4.78, 5) is 6.83. The Morgan fingerprint density at radius 3 is 2.53 bits per heavy atom. The van der Waals surface area contributed by atoms with Crippen molar-refractivity contribution in [2.75, 3.05) is 38.6 Å². The van der Waals surface area contributed by atoms with E-state index < -0.39 is 5.92 Å². The van der Waals surface area contributed by atoms with Crippen LogP contribution in [0.3, 0.4) is 0 Å². The first-order valence-corrected chi connectivity index (χ1v) is 12.6. The molecule has 9 heteroatoms. The molecule has 2 N–H and O–H groups in total. The third-order valence-corrected chi connectivity index (χ3v) is 7.92. The maximum absolute atomic E-state index is 14.1. The zero-order valence-corrected chi connectivity index (χ0v) is 19.5. The summed E-state index contributed by atoms with van der Waals surface area (Å²) in [5.74, 6) is -0.764. The van der Waals surface area contributed by atoms with Crippen LogP contribution < -0.4 is 10.5 Å². The average Bonchev–Trinajstić information content (AvgIpc) is 3.40. The number of piperidine rings is 1. The second-order valence-electron chi connectivity index (χ2n) is 10.5. The van der Waals surface area contributed by atoms with E-state index >= 15 is 0 Å². The summed E-state index contributed by atoms with van der Waals surface area (Å²) in [6.07, 6.45) is 6.33. The van der Waals surface area contributed by atoms with Crippen LogP contribution in [0.2, 0.25) is 0 Å². The van der Waals surface area contributed by atoms with Crippen molar-refractivity contribution in [3.05, 3.63) is 24.0 Å². The van der Waals surface area contributed by atoms with Crippen LogP contribution in [0, 0.1) is 5.92 Å². The molecule has 7 nitrogen and oxygen atoms in total. The van der Waals surface area contributed by atoms with E-state index in [1.807, 2.05) is 10.7 Å². The van der Waals surface area contributed by atoms with Gasteiger partial charge in [-0.3, -0.25) is 9.58 Å². The first kappa shape index (κ1) is 22.2. The van der Waals surface area contributed by atoms with Crippen LogP contribution in [0.1, 0.15) is 62.6 Å². The van der Waals surface area contributed by atoms with Crippen LogP contribution in [-0.4, -0.2) is 64.5 Å². The average molecular weight is 474 g/mol. The number of hydrogen-bond acceptors (Lipinski definition) is 6. The van der Waals surface area contributed by atoms with E-state index in [0.29, 0.717) is 42.5 Å². The first-order chi connectivity index (χ1) is 16.4. The monoisotopic (exact) mass is 473 g/mol. The summed E-state index contributed by atoms with van der Waals surface area (Å²) in [6, 6.07) is 4.24. The lowest BCUT2D eigenvalue weighted by Crippen LogP contribution is -2.51. The maximum Gasteiger partial charge on any atom is 0.250 e. The van der Waals surface area contributed by atoms with Crippen molar-refractivity contribution >= 4 is 5.82 Å². The molecule has 0 spiro atoms. The molecule has 6 rings (SSSR count). The number of nitrogen functional groups attached to an aromatic ring is 1. The van der Waals surface area contributed by atoms with E-state index in [2.05, 4.69) is 16.0 Å². The number of hydrogen-bond donors (Lipinski definition) is 1. The van der Waals surface area contributed by atoms with Gasteiger partial charge in [-0.2, -0.15) is 5.10 Å². The lowest BCUT2D eigenvalue weighted by Gasteiger charge is -2.41. The Labute approximate surface area is 198 Å². The van der Waals surface area contributed by atoms with Crippen LogP contribution >= 0.6 is 0 Å².